The number of hydrogen-bond acceptors (Lipinski definition) is 6. The SMILES string of the molecule is Nc1cnc2c(ccn2S(=O)(=O)c2ccccc2)c1N[C@@H]1CCN(Cc2ccccc2)C1. The Morgan fingerprint density at radius 1 is 1.03 bits per heavy atom. The van der Waals surface area contributed by atoms with E-state index in [4.69, 9.17) is 5.73 Å². The Bertz CT molecular complexity index is 1340. The van der Waals surface area contributed by atoms with Crippen LogP contribution in [0.15, 0.2) is 84.0 Å². The van der Waals surface area contributed by atoms with Gasteiger partial charge in [0.25, 0.3) is 10.0 Å². The first kappa shape index (κ1) is 20.5. The number of hydrogen-bond donors (Lipinski definition) is 2. The summed E-state index contributed by atoms with van der Waals surface area (Å²) in [6.45, 7) is 2.79. The van der Waals surface area contributed by atoms with Gasteiger partial charge in [0.15, 0.2) is 5.65 Å². The number of likely N-dealkylation sites (tertiary alicyclic amines) is 1. The largest absolute Gasteiger partial charge is 0.396 e. The molecule has 2 aromatic heterocycles. The fourth-order valence-electron chi connectivity index (χ4n) is 4.28. The molecular formula is C24H25N5O2S. The molecule has 3 heterocycles. The molecule has 32 heavy (non-hydrogen) atoms. The highest BCUT2D eigenvalue weighted by Gasteiger charge is 2.25. The maximum Gasteiger partial charge on any atom is 0.269 e. The number of aromatic nitrogens is 2. The van der Waals surface area contributed by atoms with Crippen LogP contribution in [-0.2, 0) is 16.6 Å². The molecular weight excluding hydrogens is 422 g/mol. The molecule has 0 spiro atoms. The highest BCUT2D eigenvalue weighted by molar-refractivity contribution is 7.90. The number of nitrogen functional groups attached to an aromatic ring is 1. The van der Waals surface area contributed by atoms with Crippen LogP contribution < -0.4 is 11.1 Å². The third kappa shape index (κ3) is 3.83. The first-order valence-corrected chi connectivity index (χ1v) is 12.1. The minimum absolute atomic E-state index is 0.220. The normalized spacial score (nSPS) is 17.1. The molecule has 0 unspecified atom stereocenters. The fraction of sp³-hybridized carbons (Fsp3) is 0.208. The average molecular weight is 448 g/mol. The Labute approximate surface area is 187 Å². The molecule has 0 bridgehead atoms. The summed E-state index contributed by atoms with van der Waals surface area (Å²) in [7, 11) is -3.75. The second kappa shape index (κ2) is 8.29. The van der Waals surface area contributed by atoms with E-state index in [9.17, 15) is 8.42 Å². The van der Waals surface area contributed by atoms with Crippen LogP contribution in [0, 0.1) is 0 Å². The zero-order chi connectivity index (χ0) is 22.1. The summed E-state index contributed by atoms with van der Waals surface area (Å²) in [6, 6.07) is 20.8. The second-order valence-corrected chi connectivity index (χ2v) is 9.92. The lowest BCUT2D eigenvalue weighted by Crippen LogP contribution is -2.26. The molecule has 1 aliphatic heterocycles. The van der Waals surface area contributed by atoms with Gasteiger partial charge in [0, 0.05) is 37.3 Å². The average Bonchev–Trinajstić information content (AvgIpc) is 3.44. The highest BCUT2D eigenvalue weighted by atomic mass is 32.2. The predicted molar refractivity (Wildman–Crippen MR) is 127 cm³/mol. The van der Waals surface area contributed by atoms with Crippen LogP contribution in [-0.4, -0.2) is 41.4 Å². The topological polar surface area (TPSA) is 93.2 Å². The summed E-state index contributed by atoms with van der Waals surface area (Å²) < 4.78 is 27.5. The van der Waals surface area contributed by atoms with E-state index < -0.39 is 10.0 Å². The van der Waals surface area contributed by atoms with Crippen LogP contribution in [0.3, 0.4) is 0 Å². The third-order valence-corrected chi connectivity index (χ3v) is 7.56. The summed E-state index contributed by atoms with van der Waals surface area (Å²) in [5, 5.41) is 4.26. The molecule has 1 atom stereocenters. The number of anilines is 2. The van der Waals surface area contributed by atoms with E-state index in [1.165, 1.54) is 15.7 Å². The van der Waals surface area contributed by atoms with Crippen molar-refractivity contribution in [2.75, 3.05) is 24.1 Å². The first-order valence-electron chi connectivity index (χ1n) is 10.6. The van der Waals surface area contributed by atoms with E-state index in [2.05, 4.69) is 39.5 Å². The molecule has 1 aliphatic rings. The maximum absolute atomic E-state index is 13.1. The first-order chi connectivity index (χ1) is 15.5. The number of pyridine rings is 1. The Morgan fingerprint density at radius 2 is 1.75 bits per heavy atom. The highest BCUT2D eigenvalue weighted by Crippen LogP contribution is 2.32. The van der Waals surface area contributed by atoms with Gasteiger partial charge in [0.2, 0.25) is 0 Å². The lowest BCUT2D eigenvalue weighted by atomic mass is 10.2. The fourth-order valence-corrected chi connectivity index (χ4v) is 5.60. The summed E-state index contributed by atoms with van der Waals surface area (Å²) in [5.41, 5.74) is 9.16. The summed E-state index contributed by atoms with van der Waals surface area (Å²) in [5.74, 6) is 0. The van der Waals surface area contributed by atoms with Crippen LogP contribution in [0.25, 0.3) is 11.0 Å². The second-order valence-electron chi connectivity index (χ2n) is 8.11. The Balaban J connectivity index is 1.40. The van der Waals surface area contributed by atoms with Gasteiger partial charge in [0.1, 0.15) is 0 Å². The molecule has 1 fully saturated rings. The number of nitrogens with zero attached hydrogens (tertiary/aromatic N) is 3. The van der Waals surface area contributed by atoms with Crippen LogP contribution in [0.1, 0.15) is 12.0 Å². The van der Waals surface area contributed by atoms with Gasteiger partial charge in [-0.3, -0.25) is 4.90 Å². The quantitative estimate of drug-likeness (QED) is 0.470. The predicted octanol–water partition coefficient (Wildman–Crippen LogP) is 3.54. The molecule has 0 radical (unpaired) electrons. The maximum atomic E-state index is 13.1. The van der Waals surface area contributed by atoms with Crippen molar-refractivity contribution in [1.29, 1.82) is 0 Å². The Hall–Kier alpha value is -3.36. The van der Waals surface area contributed by atoms with E-state index in [-0.39, 0.29) is 10.9 Å². The monoisotopic (exact) mass is 447 g/mol. The molecule has 3 N–H and O–H groups in total. The van der Waals surface area contributed by atoms with Gasteiger partial charge in [-0.15, -0.1) is 0 Å². The van der Waals surface area contributed by atoms with Gasteiger partial charge >= 0.3 is 0 Å². The van der Waals surface area contributed by atoms with E-state index in [1.807, 2.05) is 6.07 Å². The molecule has 0 saturated carbocycles. The van der Waals surface area contributed by atoms with Crippen molar-refractivity contribution in [3.8, 4) is 0 Å². The van der Waals surface area contributed by atoms with Crippen molar-refractivity contribution in [2.45, 2.75) is 23.9 Å². The summed E-state index contributed by atoms with van der Waals surface area (Å²) in [6.07, 6.45) is 4.05. The van der Waals surface area contributed by atoms with Crippen molar-refractivity contribution in [3.05, 3.63) is 84.7 Å². The van der Waals surface area contributed by atoms with Gasteiger partial charge in [-0.05, 0) is 30.2 Å². The lowest BCUT2D eigenvalue weighted by molar-refractivity contribution is 0.328. The molecule has 164 valence electrons. The van der Waals surface area contributed by atoms with Gasteiger partial charge in [-0.2, -0.15) is 0 Å². The van der Waals surface area contributed by atoms with Crippen LogP contribution in [0.2, 0.25) is 0 Å². The van der Waals surface area contributed by atoms with Crippen LogP contribution in [0.4, 0.5) is 11.4 Å². The van der Waals surface area contributed by atoms with Crippen molar-refractivity contribution in [1.82, 2.24) is 13.9 Å². The molecule has 7 nitrogen and oxygen atoms in total. The Morgan fingerprint density at radius 3 is 2.50 bits per heavy atom. The van der Waals surface area contributed by atoms with Crippen LogP contribution >= 0.6 is 0 Å². The van der Waals surface area contributed by atoms with E-state index in [0.717, 1.165) is 31.7 Å². The minimum atomic E-state index is -3.75. The molecule has 0 amide bonds. The number of nitrogens with one attached hydrogen (secondary N) is 1. The molecule has 1 saturated heterocycles. The molecule has 5 rings (SSSR count). The molecule has 8 heteroatoms. The smallest absolute Gasteiger partial charge is 0.269 e. The molecule has 2 aromatic carbocycles. The third-order valence-electron chi connectivity index (χ3n) is 5.88. The van der Waals surface area contributed by atoms with Crippen LogP contribution in [0.5, 0.6) is 0 Å². The lowest BCUT2D eigenvalue weighted by Gasteiger charge is -2.19. The summed E-state index contributed by atoms with van der Waals surface area (Å²) >= 11 is 0. The van der Waals surface area contributed by atoms with Crippen molar-refractivity contribution >= 4 is 32.4 Å². The van der Waals surface area contributed by atoms with Gasteiger partial charge < -0.3 is 11.1 Å². The van der Waals surface area contributed by atoms with E-state index >= 15 is 0 Å². The summed E-state index contributed by atoms with van der Waals surface area (Å²) in [4.78, 5) is 6.98. The number of rotatable bonds is 6. The standard InChI is InChI=1S/C24H25N5O2S/c25-22-15-26-24-21(12-14-29(24)32(30,31)20-9-5-2-6-10-20)23(22)27-19-11-13-28(17-19)16-18-7-3-1-4-8-18/h1-10,12,14-15,19H,11,13,16-17,25H2,(H,26,27)/t19-/m1/s1. The number of benzene rings is 2. The number of fused-ring (bicyclic) bond motifs is 1. The Kier molecular flexibility index (Phi) is 5.32. The van der Waals surface area contributed by atoms with Gasteiger partial charge in [-0.1, -0.05) is 48.5 Å². The van der Waals surface area contributed by atoms with E-state index in [1.54, 1.807) is 42.6 Å². The van der Waals surface area contributed by atoms with Gasteiger partial charge in [-0.25, -0.2) is 17.4 Å². The molecule has 4 aromatic rings. The minimum Gasteiger partial charge on any atom is -0.396 e. The number of nitrogens with two attached hydrogens (primary N) is 1. The molecule has 0 aliphatic carbocycles. The van der Waals surface area contributed by atoms with E-state index in [0.29, 0.717) is 16.7 Å². The zero-order valence-corrected chi connectivity index (χ0v) is 18.4. The zero-order valence-electron chi connectivity index (χ0n) is 17.6. The van der Waals surface area contributed by atoms with Crippen molar-refractivity contribution in [2.24, 2.45) is 0 Å². The van der Waals surface area contributed by atoms with Gasteiger partial charge in [0.05, 0.1) is 22.5 Å². The van der Waals surface area contributed by atoms with Crippen molar-refractivity contribution in [3.63, 3.8) is 0 Å². The van der Waals surface area contributed by atoms with Crippen molar-refractivity contribution < 1.29 is 8.42 Å².